The van der Waals surface area contributed by atoms with Gasteiger partial charge in [0, 0.05) is 36.4 Å². The molecule has 4 rings (SSSR count). The average molecular weight is 623 g/mol. The van der Waals surface area contributed by atoms with E-state index in [2.05, 4.69) is 5.32 Å². The number of alkyl halides is 3. The normalized spacial score (nSPS) is 20.8. The Bertz CT molecular complexity index is 1360. The fraction of sp³-hybridized carbons (Fsp3) is 0.484. The molecule has 0 fully saturated rings. The average Bonchev–Trinajstić information content (AvgIpc) is 3.39. The van der Waals surface area contributed by atoms with Gasteiger partial charge >= 0.3 is 6.18 Å². The number of methoxy groups -OCH3 is 1. The van der Waals surface area contributed by atoms with Crippen LogP contribution in [-0.4, -0.2) is 89.8 Å². The molecule has 0 aromatic heterocycles. The van der Waals surface area contributed by atoms with Gasteiger partial charge in [-0.3, -0.25) is 9.59 Å². The molecule has 4 unspecified atom stereocenters. The van der Waals surface area contributed by atoms with Crippen LogP contribution in [0.25, 0.3) is 0 Å². The van der Waals surface area contributed by atoms with Gasteiger partial charge in [0.15, 0.2) is 11.5 Å². The second kappa shape index (κ2) is 14.0. The molecule has 240 valence electrons. The van der Waals surface area contributed by atoms with E-state index in [4.69, 9.17) is 14.2 Å². The van der Waals surface area contributed by atoms with Crippen molar-refractivity contribution in [3.63, 3.8) is 0 Å². The van der Waals surface area contributed by atoms with Crippen molar-refractivity contribution in [3.05, 3.63) is 70.3 Å². The highest BCUT2D eigenvalue weighted by molar-refractivity contribution is 5.97. The first kappa shape index (κ1) is 33.2. The fourth-order valence-corrected chi connectivity index (χ4v) is 5.53. The van der Waals surface area contributed by atoms with Gasteiger partial charge in [0.25, 0.3) is 5.91 Å². The van der Waals surface area contributed by atoms with Crippen molar-refractivity contribution in [1.82, 2.24) is 10.2 Å². The predicted octanol–water partition coefficient (Wildman–Crippen LogP) is 2.79. The Labute approximate surface area is 253 Å². The number of hydrogen-bond donors (Lipinski definition) is 4. The number of carbonyl (C=O) groups excluding carboxylic acids is 2. The van der Waals surface area contributed by atoms with Crippen LogP contribution in [0.5, 0.6) is 11.5 Å². The van der Waals surface area contributed by atoms with Crippen molar-refractivity contribution in [2.75, 3.05) is 33.4 Å². The molecule has 10 nitrogen and oxygen atoms in total. The lowest BCUT2D eigenvalue weighted by atomic mass is 9.77. The summed E-state index contributed by atoms with van der Waals surface area (Å²) < 4.78 is 56.9. The van der Waals surface area contributed by atoms with E-state index in [9.17, 15) is 38.1 Å². The lowest BCUT2D eigenvalue weighted by molar-refractivity contribution is -0.137. The summed E-state index contributed by atoms with van der Waals surface area (Å²) >= 11 is 0. The molecule has 0 spiro atoms. The standard InChI is InChI=1S/C31H37F3N2O8/c1-17(2)43-12-4-10-36(30(41)19-5-7-20(8-6-19)31(32,33)34)23-15-22(29(40)35-9-11-37)25-21-13-18(16-38)14-24(42-3)27(21)44-28(25)26(23)39/h5-8,13-15,17,23,25-26,28,37-39H,4,9-12,16H2,1-3H3,(H,35,40). The van der Waals surface area contributed by atoms with Crippen molar-refractivity contribution in [2.45, 2.75) is 63.3 Å². The number of amides is 2. The number of nitrogens with one attached hydrogen (secondary N) is 1. The van der Waals surface area contributed by atoms with Crippen LogP contribution >= 0.6 is 0 Å². The highest BCUT2D eigenvalue weighted by atomic mass is 19.4. The number of hydrogen-bond acceptors (Lipinski definition) is 8. The lowest BCUT2D eigenvalue weighted by Crippen LogP contribution is -2.56. The summed E-state index contributed by atoms with van der Waals surface area (Å²) in [7, 11) is 1.41. The Hall–Kier alpha value is -3.65. The summed E-state index contributed by atoms with van der Waals surface area (Å²) in [5, 5.41) is 33.5. The first-order valence-corrected chi connectivity index (χ1v) is 14.3. The van der Waals surface area contributed by atoms with Gasteiger partial charge in [-0.05, 0) is 68.3 Å². The number of carbonyl (C=O) groups is 2. The van der Waals surface area contributed by atoms with Gasteiger partial charge in [-0.15, -0.1) is 0 Å². The third kappa shape index (κ3) is 7.01. The van der Waals surface area contributed by atoms with Gasteiger partial charge in [-0.25, -0.2) is 0 Å². The SMILES string of the molecule is COc1cc(CO)cc2c1OC1C2C(C(=O)NCCO)=CC(N(CCCOC(C)C)C(=O)c2ccc(C(F)(F)F)cc2)C1O. The molecule has 2 amide bonds. The smallest absolute Gasteiger partial charge is 0.416 e. The van der Waals surface area contributed by atoms with Crippen LogP contribution in [0.4, 0.5) is 13.2 Å². The quantitative estimate of drug-likeness (QED) is 0.265. The van der Waals surface area contributed by atoms with E-state index in [0.717, 1.165) is 24.3 Å². The molecule has 13 heteroatoms. The van der Waals surface area contributed by atoms with Crippen LogP contribution in [-0.2, 0) is 22.3 Å². The summed E-state index contributed by atoms with van der Waals surface area (Å²) in [5.74, 6) is -1.49. The molecule has 4 atom stereocenters. The highest BCUT2D eigenvalue weighted by Crippen LogP contribution is 2.51. The van der Waals surface area contributed by atoms with Crippen LogP contribution < -0.4 is 14.8 Å². The zero-order valence-corrected chi connectivity index (χ0v) is 24.6. The molecule has 1 heterocycles. The minimum absolute atomic E-state index is 0.0401. The van der Waals surface area contributed by atoms with Gasteiger partial charge < -0.3 is 39.7 Å². The van der Waals surface area contributed by atoms with E-state index in [1.54, 1.807) is 12.1 Å². The number of nitrogens with zero attached hydrogens (tertiary/aromatic N) is 1. The van der Waals surface area contributed by atoms with Gasteiger partial charge in [0.1, 0.15) is 12.2 Å². The number of aliphatic hydroxyl groups excluding tert-OH is 3. The molecule has 2 aromatic carbocycles. The van der Waals surface area contributed by atoms with Crippen molar-refractivity contribution in [2.24, 2.45) is 0 Å². The highest BCUT2D eigenvalue weighted by Gasteiger charge is 2.51. The summed E-state index contributed by atoms with van der Waals surface area (Å²) in [5.41, 5.74) is 0.176. The number of halogens is 3. The Morgan fingerprint density at radius 3 is 2.43 bits per heavy atom. The van der Waals surface area contributed by atoms with Crippen LogP contribution in [0.3, 0.4) is 0 Å². The number of rotatable bonds is 12. The maximum Gasteiger partial charge on any atom is 0.416 e. The molecule has 2 aromatic rings. The van der Waals surface area contributed by atoms with E-state index in [-0.39, 0.29) is 61.6 Å². The maximum atomic E-state index is 13.9. The van der Waals surface area contributed by atoms with Crippen LogP contribution in [0.1, 0.15) is 53.2 Å². The van der Waals surface area contributed by atoms with Crippen molar-refractivity contribution >= 4 is 11.8 Å². The Balaban J connectivity index is 1.78. The largest absolute Gasteiger partial charge is 0.493 e. The molecule has 2 aliphatic rings. The third-order valence-electron chi connectivity index (χ3n) is 7.57. The number of fused-ring (bicyclic) bond motifs is 3. The Morgan fingerprint density at radius 1 is 1.14 bits per heavy atom. The number of aliphatic hydroxyl groups is 3. The second-order valence-corrected chi connectivity index (χ2v) is 10.9. The molecule has 0 saturated carbocycles. The summed E-state index contributed by atoms with van der Waals surface area (Å²) in [6, 6.07) is 5.86. The first-order chi connectivity index (χ1) is 20.9. The fourth-order valence-electron chi connectivity index (χ4n) is 5.53. The van der Waals surface area contributed by atoms with Crippen molar-refractivity contribution in [3.8, 4) is 11.5 Å². The van der Waals surface area contributed by atoms with Gasteiger partial charge in [-0.2, -0.15) is 13.2 Å². The van der Waals surface area contributed by atoms with E-state index in [0.29, 0.717) is 17.5 Å². The van der Waals surface area contributed by atoms with Gasteiger partial charge in [-0.1, -0.05) is 0 Å². The predicted molar refractivity (Wildman–Crippen MR) is 152 cm³/mol. The van der Waals surface area contributed by atoms with Crippen molar-refractivity contribution < 1.29 is 52.3 Å². The van der Waals surface area contributed by atoms with Gasteiger partial charge in [0.2, 0.25) is 5.91 Å². The van der Waals surface area contributed by atoms with E-state index >= 15 is 0 Å². The Morgan fingerprint density at radius 2 is 1.84 bits per heavy atom. The molecule has 0 saturated heterocycles. The zero-order valence-electron chi connectivity index (χ0n) is 24.6. The minimum Gasteiger partial charge on any atom is -0.493 e. The maximum absolute atomic E-state index is 13.9. The topological polar surface area (TPSA) is 138 Å². The molecule has 1 aliphatic heterocycles. The summed E-state index contributed by atoms with van der Waals surface area (Å²) in [4.78, 5) is 28.6. The van der Waals surface area contributed by atoms with Crippen molar-refractivity contribution in [1.29, 1.82) is 0 Å². The summed E-state index contributed by atoms with van der Waals surface area (Å²) in [6.07, 6.45) is -5.33. The third-order valence-corrected chi connectivity index (χ3v) is 7.57. The lowest BCUT2D eigenvalue weighted by Gasteiger charge is -2.40. The monoisotopic (exact) mass is 622 g/mol. The van der Waals surface area contributed by atoms with Crippen LogP contribution in [0.15, 0.2) is 48.0 Å². The Kier molecular flexibility index (Phi) is 10.6. The zero-order chi connectivity index (χ0) is 32.2. The van der Waals surface area contributed by atoms with E-state index < -0.39 is 47.7 Å². The second-order valence-electron chi connectivity index (χ2n) is 10.9. The molecule has 1 aliphatic carbocycles. The summed E-state index contributed by atoms with van der Waals surface area (Å²) in [6.45, 7) is 3.29. The molecule has 0 radical (unpaired) electrons. The first-order valence-electron chi connectivity index (χ1n) is 14.3. The van der Waals surface area contributed by atoms with Gasteiger partial charge in [0.05, 0.1) is 44.0 Å². The molecular weight excluding hydrogens is 585 g/mol. The molecule has 4 N–H and O–H groups in total. The van der Waals surface area contributed by atoms with E-state index in [1.165, 1.54) is 18.1 Å². The minimum atomic E-state index is -4.59. The molecular formula is C31H37F3N2O8. The molecule has 0 bridgehead atoms. The molecule has 44 heavy (non-hydrogen) atoms. The van der Waals surface area contributed by atoms with E-state index in [1.807, 2.05) is 13.8 Å². The number of benzene rings is 2. The number of ether oxygens (including phenoxy) is 3. The van der Waals surface area contributed by atoms with Crippen LogP contribution in [0, 0.1) is 0 Å². The van der Waals surface area contributed by atoms with Crippen LogP contribution in [0.2, 0.25) is 0 Å².